The summed E-state index contributed by atoms with van der Waals surface area (Å²) in [7, 11) is 0. The number of nitrogens with two attached hydrogens (primary N) is 1. The lowest BCUT2D eigenvalue weighted by Gasteiger charge is -2.12. The Bertz CT molecular complexity index is 766. The van der Waals surface area contributed by atoms with Gasteiger partial charge in [-0.15, -0.1) is 0 Å². The molecular formula is C14H15N3O4. The number of benzene rings is 1. The van der Waals surface area contributed by atoms with E-state index >= 15 is 0 Å². The third-order valence-corrected chi connectivity index (χ3v) is 3.05. The Hall–Kier alpha value is -2.70. The van der Waals surface area contributed by atoms with Gasteiger partial charge in [-0.05, 0) is 19.9 Å². The normalized spacial score (nSPS) is 12.1. The van der Waals surface area contributed by atoms with Crippen molar-refractivity contribution in [2.24, 2.45) is 5.73 Å². The summed E-state index contributed by atoms with van der Waals surface area (Å²) in [6.45, 7) is 3.43. The largest absolute Gasteiger partial charge is 0.448 e. The van der Waals surface area contributed by atoms with Crippen molar-refractivity contribution < 1.29 is 14.3 Å². The number of aromatic nitrogens is 2. The van der Waals surface area contributed by atoms with Crippen LogP contribution in [-0.4, -0.2) is 27.8 Å². The summed E-state index contributed by atoms with van der Waals surface area (Å²) < 4.78 is 6.13. The van der Waals surface area contributed by atoms with Crippen molar-refractivity contribution in [3.63, 3.8) is 0 Å². The van der Waals surface area contributed by atoms with E-state index in [2.05, 4.69) is 5.10 Å². The minimum Gasteiger partial charge on any atom is -0.448 e. The van der Waals surface area contributed by atoms with Crippen LogP contribution in [0.1, 0.15) is 24.3 Å². The van der Waals surface area contributed by atoms with Crippen LogP contribution in [0.25, 0.3) is 10.8 Å². The van der Waals surface area contributed by atoms with E-state index in [-0.39, 0.29) is 11.3 Å². The second-order valence-corrected chi connectivity index (χ2v) is 4.47. The molecule has 21 heavy (non-hydrogen) atoms. The summed E-state index contributed by atoms with van der Waals surface area (Å²) in [5.41, 5.74) is 4.77. The molecule has 0 fully saturated rings. The first-order valence-electron chi connectivity index (χ1n) is 6.45. The molecule has 1 aromatic carbocycles. The standard InChI is InChI=1S/C14H15N3O4/c1-3-17-13(19)10-7-5-4-6-9(10)11(16-17)14(20)21-8(2)12(15)18/h4-8H,3H2,1-2H3,(H2,15,18)/t8-/m1/s1. The number of ether oxygens (including phenoxy) is 1. The second kappa shape index (κ2) is 5.74. The molecule has 1 amide bonds. The number of hydrogen-bond donors (Lipinski definition) is 1. The van der Waals surface area contributed by atoms with Crippen LogP contribution in [0.5, 0.6) is 0 Å². The molecule has 0 aliphatic heterocycles. The average molecular weight is 289 g/mol. The predicted molar refractivity (Wildman–Crippen MR) is 75.7 cm³/mol. The van der Waals surface area contributed by atoms with Crippen molar-refractivity contribution in [3.8, 4) is 0 Å². The number of esters is 1. The van der Waals surface area contributed by atoms with Crippen molar-refractivity contribution >= 4 is 22.6 Å². The molecule has 110 valence electrons. The van der Waals surface area contributed by atoms with E-state index in [1.807, 2.05) is 0 Å². The van der Waals surface area contributed by atoms with Crippen molar-refractivity contribution in [2.45, 2.75) is 26.5 Å². The van der Waals surface area contributed by atoms with Gasteiger partial charge < -0.3 is 10.5 Å². The Balaban J connectivity index is 2.58. The van der Waals surface area contributed by atoms with Gasteiger partial charge in [-0.25, -0.2) is 9.48 Å². The van der Waals surface area contributed by atoms with Crippen molar-refractivity contribution in [1.82, 2.24) is 9.78 Å². The van der Waals surface area contributed by atoms with E-state index < -0.39 is 18.0 Å². The Morgan fingerprint density at radius 1 is 1.33 bits per heavy atom. The molecule has 1 atom stereocenters. The number of fused-ring (bicyclic) bond motifs is 1. The van der Waals surface area contributed by atoms with Gasteiger partial charge in [0.15, 0.2) is 11.8 Å². The zero-order chi connectivity index (χ0) is 15.6. The lowest BCUT2D eigenvalue weighted by Crippen LogP contribution is -2.32. The summed E-state index contributed by atoms with van der Waals surface area (Å²) in [5, 5.41) is 4.76. The molecule has 0 saturated heterocycles. The molecule has 0 aliphatic rings. The van der Waals surface area contributed by atoms with Crippen LogP contribution < -0.4 is 11.3 Å². The maximum absolute atomic E-state index is 12.1. The van der Waals surface area contributed by atoms with E-state index in [9.17, 15) is 14.4 Å². The fourth-order valence-electron chi connectivity index (χ4n) is 1.87. The number of amides is 1. The number of carbonyl (C=O) groups excluding carboxylic acids is 2. The molecule has 1 heterocycles. The summed E-state index contributed by atoms with van der Waals surface area (Å²) >= 11 is 0. The highest BCUT2D eigenvalue weighted by Gasteiger charge is 2.21. The van der Waals surface area contributed by atoms with Gasteiger partial charge in [0.1, 0.15) is 0 Å². The molecule has 2 rings (SSSR count). The monoisotopic (exact) mass is 289 g/mol. The van der Waals surface area contributed by atoms with Gasteiger partial charge in [-0.1, -0.05) is 18.2 Å². The first kappa shape index (κ1) is 14.7. The van der Waals surface area contributed by atoms with Crippen LogP contribution in [0.2, 0.25) is 0 Å². The van der Waals surface area contributed by atoms with Crippen molar-refractivity contribution in [1.29, 1.82) is 0 Å². The Labute approximate surface area is 120 Å². The van der Waals surface area contributed by atoms with Gasteiger partial charge in [0.05, 0.1) is 5.39 Å². The minimum absolute atomic E-state index is 0.0137. The van der Waals surface area contributed by atoms with Gasteiger partial charge in [0.2, 0.25) is 0 Å². The van der Waals surface area contributed by atoms with E-state index in [0.29, 0.717) is 17.3 Å². The fraction of sp³-hybridized carbons (Fsp3) is 0.286. The van der Waals surface area contributed by atoms with Gasteiger partial charge in [0, 0.05) is 11.9 Å². The summed E-state index contributed by atoms with van der Waals surface area (Å²) in [6.07, 6.45) is -1.07. The molecule has 2 N–H and O–H groups in total. The summed E-state index contributed by atoms with van der Waals surface area (Å²) in [6, 6.07) is 6.61. The zero-order valence-electron chi connectivity index (χ0n) is 11.7. The van der Waals surface area contributed by atoms with Crippen molar-refractivity contribution in [2.75, 3.05) is 0 Å². The first-order valence-corrected chi connectivity index (χ1v) is 6.45. The number of rotatable bonds is 4. The highest BCUT2D eigenvalue weighted by Crippen LogP contribution is 2.14. The van der Waals surface area contributed by atoms with E-state index in [1.54, 1.807) is 31.2 Å². The Kier molecular flexibility index (Phi) is 4.02. The maximum atomic E-state index is 12.1. The van der Waals surface area contributed by atoms with Crippen molar-refractivity contribution in [3.05, 3.63) is 40.3 Å². The average Bonchev–Trinajstić information content (AvgIpc) is 2.47. The lowest BCUT2D eigenvalue weighted by atomic mass is 10.1. The molecule has 0 radical (unpaired) electrons. The third kappa shape index (κ3) is 2.76. The second-order valence-electron chi connectivity index (χ2n) is 4.47. The quantitative estimate of drug-likeness (QED) is 0.823. The molecular weight excluding hydrogens is 274 g/mol. The van der Waals surface area contributed by atoms with Crippen LogP contribution in [0.4, 0.5) is 0 Å². The Morgan fingerprint density at radius 2 is 1.95 bits per heavy atom. The van der Waals surface area contributed by atoms with Gasteiger partial charge in [-0.2, -0.15) is 5.10 Å². The lowest BCUT2D eigenvalue weighted by molar-refractivity contribution is -0.125. The first-order chi connectivity index (χ1) is 9.95. The van der Waals surface area contributed by atoms with Gasteiger partial charge in [-0.3, -0.25) is 9.59 Å². The zero-order valence-corrected chi connectivity index (χ0v) is 11.7. The molecule has 0 saturated carbocycles. The molecule has 1 aromatic heterocycles. The maximum Gasteiger partial charge on any atom is 0.360 e. The van der Waals surface area contributed by atoms with Crippen LogP contribution in [0.15, 0.2) is 29.1 Å². The molecule has 0 spiro atoms. The minimum atomic E-state index is -1.07. The highest BCUT2D eigenvalue weighted by atomic mass is 16.5. The number of primary amides is 1. The van der Waals surface area contributed by atoms with Crippen LogP contribution >= 0.6 is 0 Å². The van der Waals surface area contributed by atoms with Gasteiger partial charge in [0.25, 0.3) is 11.5 Å². The van der Waals surface area contributed by atoms with Crippen LogP contribution in [0, 0.1) is 0 Å². The molecule has 0 unspecified atom stereocenters. The van der Waals surface area contributed by atoms with E-state index in [4.69, 9.17) is 10.5 Å². The SMILES string of the molecule is CCn1nc(C(=O)O[C@H](C)C(N)=O)c2ccccc2c1=O. The third-order valence-electron chi connectivity index (χ3n) is 3.05. The smallest absolute Gasteiger partial charge is 0.360 e. The molecule has 0 bridgehead atoms. The molecule has 7 nitrogen and oxygen atoms in total. The summed E-state index contributed by atoms with van der Waals surface area (Å²) in [4.78, 5) is 35.3. The fourth-order valence-corrected chi connectivity index (χ4v) is 1.87. The Morgan fingerprint density at radius 3 is 2.52 bits per heavy atom. The predicted octanol–water partition coefficient (Wildman–Crippen LogP) is 0.447. The molecule has 7 heteroatoms. The summed E-state index contributed by atoms with van der Waals surface area (Å²) in [5.74, 6) is -1.55. The molecule has 0 aliphatic carbocycles. The topological polar surface area (TPSA) is 104 Å². The number of aryl methyl sites for hydroxylation is 1. The van der Waals surface area contributed by atoms with E-state index in [1.165, 1.54) is 11.6 Å². The number of nitrogens with zero attached hydrogens (tertiary/aromatic N) is 2. The number of hydrogen-bond acceptors (Lipinski definition) is 5. The van der Waals surface area contributed by atoms with Crippen LogP contribution in [-0.2, 0) is 16.1 Å². The van der Waals surface area contributed by atoms with Crippen LogP contribution in [0.3, 0.4) is 0 Å². The van der Waals surface area contributed by atoms with Gasteiger partial charge >= 0.3 is 5.97 Å². The van der Waals surface area contributed by atoms with E-state index in [0.717, 1.165) is 0 Å². The highest BCUT2D eigenvalue weighted by molar-refractivity contribution is 6.02. The number of carbonyl (C=O) groups is 2. The molecule has 2 aromatic rings.